The van der Waals surface area contributed by atoms with Crippen LogP contribution in [0.3, 0.4) is 0 Å². The summed E-state index contributed by atoms with van der Waals surface area (Å²) in [6.45, 7) is 0. The van der Waals surface area contributed by atoms with Crippen molar-refractivity contribution >= 4 is 11.7 Å². The van der Waals surface area contributed by atoms with Crippen molar-refractivity contribution in [1.82, 2.24) is 0 Å². The summed E-state index contributed by atoms with van der Waals surface area (Å²) in [5.74, 6) is -0.737. The number of carbonyl (C=O) groups is 2. The Kier molecular flexibility index (Phi) is 3.65. The van der Waals surface area contributed by atoms with E-state index in [1.54, 1.807) is 12.1 Å². The predicted octanol–water partition coefficient (Wildman–Crippen LogP) is 1.91. The largest absolute Gasteiger partial charge is 0.484 e. The molecule has 0 radical (unpaired) electrons. The number of benzene rings is 2. The number of fused-ring (bicyclic) bond motifs is 1. The smallest absolute Gasteiger partial charge is 0.251 e. The second kappa shape index (κ2) is 5.61. The molecular formula is C17H15NO4. The number of hydrogen-bond acceptors (Lipinski definition) is 4. The lowest BCUT2D eigenvalue weighted by Gasteiger charge is -2.28. The van der Waals surface area contributed by atoms with E-state index < -0.39 is 18.1 Å². The third kappa shape index (κ3) is 2.46. The van der Waals surface area contributed by atoms with Gasteiger partial charge in [0.05, 0.1) is 12.0 Å². The number of hydrogen-bond donors (Lipinski definition) is 2. The SMILES string of the molecule is NC(=O)C(O)c1cccc2c1O[C@@H](c1ccccc1)CC2=O. The zero-order valence-electron chi connectivity index (χ0n) is 11.7. The van der Waals surface area contributed by atoms with Gasteiger partial charge in [0.25, 0.3) is 5.91 Å². The fraction of sp³-hybridized carbons (Fsp3) is 0.176. The van der Waals surface area contributed by atoms with Gasteiger partial charge in [-0.2, -0.15) is 0 Å². The van der Waals surface area contributed by atoms with Crippen LogP contribution in [0.5, 0.6) is 5.75 Å². The molecule has 1 amide bonds. The van der Waals surface area contributed by atoms with Crippen LogP contribution in [0.2, 0.25) is 0 Å². The van der Waals surface area contributed by atoms with Crippen LogP contribution in [0.4, 0.5) is 0 Å². The van der Waals surface area contributed by atoms with E-state index in [-0.39, 0.29) is 23.5 Å². The van der Waals surface area contributed by atoms with E-state index in [1.807, 2.05) is 30.3 Å². The number of rotatable bonds is 3. The molecule has 0 saturated heterocycles. The molecule has 2 atom stereocenters. The van der Waals surface area contributed by atoms with Crippen molar-refractivity contribution < 1.29 is 19.4 Å². The van der Waals surface area contributed by atoms with Crippen LogP contribution in [0.25, 0.3) is 0 Å². The minimum absolute atomic E-state index is 0.0892. The monoisotopic (exact) mass is 297 g/mol. The van der Waals surface area contributed by atoms with Crippen molar-refractivity contribution in [2.45, 2.75) is 18.6 Å². The second-order valence-corrected chi connectivity index (χ2v) is 5.17. The van der Waals surface area contributed by atoms with Crippen LogP contribution in [0.1, 0.15) is 40.1 Å². The van der Waals surface area contributed by atoms with Gasteiger partial charge in [0.1, 0.15) is 11.9 Å². The molecule has 1 heterocycles. The molecule has 0 fully saturated rings. The molecule has 2 aromatic carbocycles. The molecule has 3 N–H and O–H groups in total. The van der Waals surface area contributed by atoms with Gasteiger partial charge in [-0.1, -0.05) is 42.5 Å². The van der Waals surface area contributed by atoms with E-state index in [2.05, 4.69) is 0 Å². The van der Waals surface area contributed by atoms with E-state index in [0.29, 0.717) is 5.56 Å². The summed E-state index contributed by atoms with van der Waals surface area (Å²) in [6, 6.07) is 14.1. The maximum Gasteiger partial charge on any atom is 0.251 e. The highest BCUT2D eigenvalue weighted by molar-refractivity contribution is 6.01. The lowest BCUT2D eigenvalue weighted by Crippen LogP contribution is -2.25. The molecule has 5 nitrogen and oxygen atoms in total. The first-order valence-corrected chi connectivity index (χ1v) is 6.93. The average Bonchev–Trinajstić information content (AvgIpc) is 2.54. The van der Waals surface area contributed by atoms with Crippen molar-refractivity contribution in [2.75, 3.05) is 0 Å². The Bertz CT molecular complexity index is 727. The van der Waals surface area contributed by atoms with E-state index in [4.69, 9.17) is 10.5 Å². The van der Waals surface area contributed by atoms with E-state index in [9.17, 15) is 14.7 Å². The Hall–Kier alpha value is -2.66. The first kappa shape index (κ1) is 14.3. The molecule has 0 saturated carbocycles. The van der Waals surface area contributed by atoms with Gasteiger partial charge >= 0.3 is 0 Å². The van der Waals surface area contributed by atoms with Gasteiger partial charge in [0.15, 0.2) is 11.9 Å². The van der Waals surface area contributed by atoms with Crippen molar-refractivity contribution in [3.8, 4) is 5.75 Å². The van der Waals surface area contributed by atoms with Crippen molar-refractivity contribution in [3.63, 3.8) is 0 Å². The molecule has 0 bridgehead atoms. The van der Waals surface area contributed by atoms with E-state index in [0.717, 1.165) is 5.56 Å². The summed E-state index contributed by atoms with van der Waals surface area (Å²) < 4.78 is 5.90. The van der Waals surface area contributed by atoms with Crippen LogP contribution in [0.15, 0.2) is 48.5 Å². The molecule has 112 valence electrons. The van der Waals surface area contributed by atoms with Crippen molar-refractivity contribution in [3.05, 3.63) is 65.2 Å². The first-order valence-electron chi connectivity index (χ1n) is 6.93. The number of Topliss-reactive ketones (excluding diaryl/α,β-unsaturated/α-hetero) is 1. The summed E-state index contributed by atoms with van der Waals surface area (Å²) in [7, 11) is 0. The number of amides is 1. The summed E-state index contributed by atoms with van der Waals surface area (Å²) in [5, 5.41) is 9.93. The normalized spacial score (nSPS) is 18.2. The zero-order valence-corrected chi connectivity index (χ0v) is 11.7. The lowest BCUT2D eigenvalue weighted by atomic mass is 9.93. The number of ketones is 1. The van der Waals surface area contributed by atoms with Crippen LogP contribution in [0, 0.1) is 0 Å². The summed E-state index contributed by atoms with van der Waals surface area (Å²) in [4.78, 5) is 23.6. The van der Waals surface area contributed by atoms with Crippen molar-refractivity contribution in [2.24, 2.45) is 5.73 Å². The number of nitrogens with two attached hydrogens (primary N) is 1. The van der Waals surface area contributed by atoms with Gasteiger partial charge in [-0.25, -0.2) is 0 Å². The Morgan fingerprint density at radius 1 is 1.18 bits per heavy atom. The second-order valence-electron chi connectivity index (χ2n) is 5.17. The molecule has 1 aliphatic rings. The minimum atomic E-state index is -1.50. The lowest BCUT2D eigenvalue weighted by molar-refractivity contribution is -0.126. The van der Waals surface area contributed by atoms with Crippen LogP contribution >= 0.6 is 0 Å². The third-order valence-electron chi connectivity index (χ3n) is 3.71. The molecule has 3 rings (SSSR count). The predicted molar refractivity (Wildman–Crippen MR) is 79.4 cm³/mol. The van der Waals surface area contributed by atoms with E-state index in [1.165, 1.54) is 6.07 Å². The summed E-state index contributed by atoms with van der Waals surface area (Å²) in [6.07, 6.45) is -1.73. The van der Waals surface area contributed by atoms with Crippen LogP contribution in [-0.2, 0) is 4.79 Å². The van der Waals surface area contributed by atoms with Gasteiger partial charge in [0, 0.05) is 5.56 Å². The highest BCUT2D eigenvalue weighted by Crippen LogP contribution is 2.39. The molecular weight excluding hydrogens is 282 g/mol. The number of para-hydroxylation sites is 1. The Balaban J connectivity index is 2.04. The Labute approximate surface area is 127 Å². The zero-order chi connectivity index (χ0) is 15.7. The molecule has 0 aromatic heterocycles. The number of aliphatic hydroxyl groups excluding tert-OH is 1. The molecule has 0 aliphatic carbocycles. The highest BCUT2D eigenvalue weighted by Gasteiger charge is 2.31. The molecule has 5 heteroatoms. The maximum absolute atomic E-state index is 12.3. The number of primary amides is 1. The van der Waals surface area contributed by atoms with Crippen molar-refractivity contribution in [1.29, 1.82) is 0 Å². The topological polar surface area (TPSA) is 89.6 Å². The van der Waals surface area contributed by atoms with Gasteiger partial charge in [-0.15, -0.1) is 0 Å². The maximum atomic E-state index is 12.3. The Morgan fingerprint density at radius 3 is 2.59 bits per heavy atom. The van der Waals surface area contributed by atoms with Gasteiger partial charge in [0.2, 0.25) is 0 Å². The summed E-state index contributed by atoms with van der Waals surface area (Å²) in [5.41, 5.74) is 6.60. The molecule has 1 aliphatic heterocycles. The number of ether oxygens (including phenoxy) is 1. The quantitative estimate of drug-likeness (QED) is 0.905. The fourth-order valence-corrected chi connectivity index (χ4v) is 2.59. The van der Waals surface area contributed by atoms with E-state index >= 15 is 0 Å². The highest BCUT2D eigenvalue weighted by atomic mass is 16.5. The summed E-state index contributed by atoms with van der Waals surface area (Å²) >= 11 is 0. The van der Waals surface area contributed by atoms with Crippen LogP contribution < -0.4 is 10.5 Å². The molecule has 0 spiro atoms. The number of carbonyl (C=O) groups excluding carboxylic acids is 2. The molecule has 2 aromatic rings. The van der Waals surface area contributed by atoms with Crippen LogP contribution in [-0.4, -0.2) is 16.8 Å². The molecule has 1 unspecified atom stereocenters. The number of aliphatic hydroxyl groups is 1. The Morgan fingerprint density at radius 2 is 1.91 bits per heavy atom. The van der Waals surface area contributed by atoms with Gasteiger partial charge < -0.3 is 15.6 Å². The standard InChI is InChI=1S/C17H15NO4/c18-17(21)15(20)12-8-4-7-11-13(19)9-14(22-16(11)12)10-5-2-1-3-6-10/h1-8,14-15,20H,9H2,(H2,18,21)/t14-,15?/m1/s1. The molecule has 22 heavy (non-hydrogen) atoms. The van der Waals surface area contributed by atoms with Gasteiger partial charge in [-0.3, -0.25) is 9.59 Å². The minimum Gasteiger partial charge on any atom is -0.484 e. The van der Waals surface area contributed by atoms with Gasteiger partial charge in [-0.05, 0) is 11.6 Å². The first-order chi connectivity index (χ1) is 10.6. The fourth-order valence-electron chi connectivity index (χ4n) is 2.59. The average molecular weight is 297 g/mol. The third-order valence-corrected chi connectivity index (χ3v) is 3.71.